The van der Waals surface area contributed by atoms with Crippen LogP contribution in [0.25, 0.3) is 39.4 Å². The molecular formula is C29H21Cl2F4N3O4S. The van der Waals surface area contributed by atoms with Crippen molar-refractivity contribution in [1.82, 2.24) is 14.5 Å². The Kier molecular flexibility index (Phi) is 7.93. The van der Waals surface area contributed by atoms with Crippen molar-refractivity contribution < 1.29 is 35.5 Å². The number of aliphatic hydroxyl groups excluding tert-OH is 1. The Morgan fingerprint density at radius 3 is 2.30 bits per heavy atom. The van der Waals surface area contributed by atoms with E-state index < -0.39 is 39.0 Å². The fourth-order valence-corrected chi connectivity index (χ4v) is 6.15. The summed E-state index contributed by atoms with van der Waals surface area (Å²) in [5, 5.41) is 10.2. The number of sulfone groups is 1. The van der Waals surface area contributed by atoms with Gasteiger partial charge in [-0.2, -0.15) is 13.2 Å². The van der Waals surface area contributed by atoms with E-state index in [0.29, 0.717) is 16.1 Å². The zero-order valence-corrected chi connectivity index (χ0v) is 24.9. The van der Waals surface area contributed by atoms with Crippen LogP contribution >= 0.6 is 23.2 Å². The van der Waals surface area contributed by atoms with E-state index in [0.717, 1.165) is 18.5 Å². The molecule has 0 saturated heterocycles. The summed E-state index contributed by atoms with van der Waals surface area (Å²) in [6, 6.07) is 11.4. The van der Waals surface area contributed by atoms with Crippen molar-refractivity contribution in [2.75, 3.05) is 6.26 Å². The third-order valence-corrected chi connectivity index (χ3v) is 8.35. The van der Waals surface area contributed by atoms with Crippen LogP contribution in [0.5, 0.6) is 0 Å². The van der Waals surface area contributed by atoms with Crippen molar-refractivity contribution in [2.45, 2.75) is 31.5 Å². The van der Waals surface area contributed by atoms with Crippen molar-refractivity contribution in [3.8, 4) is 39.4 Å². The highest BCUT2D eigenvalue weighted by Gasteiger charge is 2.35. The smallest absolute Gasteiger partial charge is 0.434 e. The highest BCUT2D eigenvalue weighted by Crippen LogP contribution is 2.42. The quantitative estimate of drug-likeness (QED) is 0.188. The average molecular weight is 654 g/mol. The molecular weight excluding hydrogens is 633 g/mol. The third kappa shape index (κ3) is 5.92. The maximum absolute atomic E-state index is 15.0. The van der Waals surface area contributed by atoms with Crippen molar-refractivity contribution in [3.05, 3.63) is 93.6 Å². The Hall–Kier alpha value is -3.71. The Labute approximate surface area is 253 Å². The highest BCUT2D eigenvalue weighted by molar-refractivity contribution is 7.90. The maximum Gasteiger partial charge on any atom is 0.434 e. The van der Waals surface area contributed by atoms with E-state index in [1.54, 1.807) is 19.1 Å². The van der Waals surface area contributed by atoms with Gasteiger partial charge in [-0.3, -0.25) is 0 Å². The SMILES string of the molecule is Cc1nc(-c2ccc(Cl)cc2Cl)c(-c2cc(-c3cc(F)c(CO)c(S(C)(=O)=O)c3)ccc2-n2cc(C(F)(F)F)nc2C)o1. The van der Waals surface area contributed by atoms with Gasteiger partial charge in [-0.1, -0.05) is 29.3 Å². The minimum Gasteiger partial charge on any atom is -0.440 e. The number of aliphatic hydroxyl groups is 1. The predicted octanol–water partition coefficient (Wildman–Crippen LogP) is 7.84. The summed E-state index contributed by atoms with van der Waals surface area (Å²) in [5.74, 6) is -0.601. The van der Waals surface area contributed by atoms with Gasteiger partial charge in [0, 0.05) is 41.1 Å². The molecule has 0 bridgehead atoms. The molecule has 0 aliphatic rings. The van der Waals surface area contributed by atoms with Gasteiger partial charge in [0.1, 0.15) is 17.3 Å². The van der Waals surface area contributed by atoms with Gasteiger partial charge in [-0.05, 0) is 60.5 Å². The minimum absolute atomic E-state index is 0.0151. The summed E-state index contributed by atoms with van der Waals surface area (Å²) in [6.45, 7) is 2.13. The zero-order valence-electron chi connectivity index (χ0n) is 22.6. The lowest BCUT2D eigenvalue weighted by atomic mass is 9.97. The normalized spacial score (nSPS) is 12.2. The molecule has 43 heavy (non-hydrogen) atoms. The molecule has 0 unspecified atom stereocenters. The summed E-state index contributed by atoms with van der Waals surface area (Å²) in [5.41, 5.74) is 0.0295. The second-order valence-electron chi connectivity index (χ2n) is 9.67. The number of hydrogen-bond acceptors (Lipinski definition) is 6. The second-order valence-corrected chi connectivity index (χ2v) is 12.5. The van der Waals surface area contributed by atoms with E-state index in [2.05, 4.69) is 9.97 Å². The van der Waals surface area contributed by atoms with Gasteiger partial charge in [0.15, 0.2) is 27.2 Å². The van der Waals surface area contributed by atoms with Gasteiger partial charge in [0.05, 0.1) is 22.2 Å². The number of hydrogen-bond donors (Lipinski definition) is 1. The van der Waals surface area contributed by atoms with Crippen molar-refractivity contribution >= 4 is 33.0 Å². The first-order valence-corrected chi connectivity index (χ1v) is 15.1. The lowest BCUT2D eigenvalue weighted by Crippen LogP contribution is -2.06. The summed E-state index contributed by atoms with van der Waals surface area (Å²) in [7, 11) is -3.95. The minimum atomic E-state index is -4.71. The second kappa shape index (κ2) is 11.1. The fraction of sp³-hybridized carbons (Fsp3) is 0.172. The van der Waals surface area contributed by atoms with Gasteiger partial charge in [0.2, 0.25) is 0 Å². The van der Waals surface area contributed by atoms with Gasteiger partial charge in [-0.15, -0.1) is 0 Å². The molecule has 5 aromatic rings. The van der Waals surface area contributed by atoms with Gasteiger partial charge in [0.25, 0.3) is 0 Å². The largest absolute Gasteiger partial charge is 0.440 e. The standard InChI is InChI=1S/C29H21Cl2F4N3O4S/c1-14-36-26(29(33,34)35)12-38(14)24-7-4-16(17-9-23(32)21(13-39)25(10-17)43(3,40)41)8-20(24)28-27(37-15(2)42-28)19-6-5-18(30)11-22(19)31/h4-12,39H,13H2,1-3H3. The van der Waals surface area contributed by atoms with E-state index in [1.807, 2.05) is 0 Å². The molecule has 1 N–H and O–H groups in total. The van der Waals surface area contributed by atoms with Crippen LogP contribution in [0.3, 0.4) is 0 Å². The van der Waals surface area contributed by atoms with Gasteiger partial charge in [-0.25, -0.2) is 22.8 Å². The monoisotopic (exact) mass is 653 g/mol. The number of nitrogens with zero attached hydrogens (tertiary/aromatic N) is 3. The van der Waals surface area contributed by atoms with E-state index in [-0.39, 0.29) is 50.6 Å². The predicted molar refractivity (Wildman–Crippen MR) is 153 cm³/mol. The lowest BCUT2D eigenvalue weighted by molar-refractivity contribution is -0.141. The highest BCUT2D eigenvalue weighted by atomic mass is 35.5. The van der Waals surface area contributed by atoms with Crippen LogP contribution in [0.1, 0.15) is 23.0 Å². The first kappa shape index (κ1) is 30.7. The molecule has 0 atom stereocenters. The molecule has 2 aromatic heterocycles. The molecule has 0 fully saturated rings. The molecule has 0 spiro atoms. The van der Waals surface area contributed by atoms with Crippen LogP contribution in [0.15, 0.2) is 64.0 Å². The molecule has 3 aromatic carbocycles. The summed E-state index contributed by atoms with van der Waals surface area (Å²) in [4.78, 5) is 7.73. The molecule has 2 heterocycles. The van der Waals surface area contributed by atoms with Crippen molar-refractivity contribution in [3.63, 3.8) is 0 Å². The molecule has 224 valence electrons. The Bertz CT molecular complexity index is 2000. The number of oxazole rings is 1. The van der Waals surface area contributed by atoms with E-state index in [1.165, 1.54) is 41.8 Å². The van der Waals surface area contributed by atoms with Crippen LogP contribution in [-0.2, 0) is 22.6 Å². The number of benzene rings is 3. The number of aryl methyl sites for hydroxylation is 2. The van der Waals surface area contributed by atoms with Crippen LogP contribution in [0, 0.1) is 19.7 Å². The van der Waals surface area contributed by atoms with Gasteiger partial charge < -0.3 is 14.1 Å². The Morgan fingerprint density at radius 1 is 0.977 bits per heavy atom. The Morgan fingerprint density at radius 2 is 1.70 bits per heavy atom. The number of aromatic nitrogens is 3. The van der Waals surface area contributed by atoms with Crippen LogP contribution < -0.4 is 0 Å². The third-order valence-electron chi connectivity index (χ3n) is 6.64. The zero-order chi connectivity index (χ0) is 31.4. The fourth-order valence-electron chi connectivity index (χ4n) is 4.70. The van der Waals surface area contributed by atoms with Crippen LogP contribution in [0.4, 0.5) is 17.6 Å². The van der Waals surface area contributed by atoms with Crippen LogP contribution in [-0.4, -0.2) is 34.3 Å². The molecule has 14 heteroatoms. The molecule has 0 saturated carbocycles. The molecule has 0 aliphatic heterocycles. The molecule has 5 rings (SSSR count). The molecule has 0 radical (unpaired) electrons. The number of halogens is 6. The van der Waals surface area contributed by atoms with E-state index in [9.17, 15) is 26.7 Å². The number of rotatable bonds is 6. The van der Waals surface area contributed by atoms with Gasteiger partial charge >= 0.3 is 6.18 Å². The summed E-state index contributed by atoms with van der Waals surface area (Å²) >= 11 is 12.6. The topological polar surface area (TPSA) is 98.2 Å². The summed E-state index contributed by atoms with van der Waals surface area (Å²) in [6.07, 6.45) is -2.99. The first-order valence-electron chi connectivity index (χ1n) is 12.4. The number of alkyl halides is 3. The van der Waals surface area contributed by atoms with Crippen molar-refractivity contribution in [2.24, 2.45) is 0 Å². The molecule has 0 amide bonds. The molecule has 0 aliphatic carbocycles. The number of imidazole rings is 1. The maximum atomic E-state index is 15.0. The lowest BCUT2D eigenvalue weighted by Gasteiger charge is -2.15. The summed E-state index contributed by atoms with van der Waals surface area (Å²) < 4.78 is 87.8. The molecule has 7 nitrogen and oxygen atoms in total. The average Bonchev–Trinajstić information content (AvgIpc) is 3.49. The first-order chi connectivity index (χ1) is 20.1. The Balaban J connectivity index is 1.82. The van der Waals surface area contributed by atoms with E-state index >= 15 is 4.39 Å². The van der Waals surface area contributed by atoms with Crippen molar-refractivity contribution in [1.29, 1.82) is 0 Å². The van der Waals surface area contributed by atoms with E-state index in [4.69, 9.17) is 27.6 Å². The van der Waals surface area contributed by atoms with Crippen LogP contribution in [0.2, 0.25) is 10.0 Å².